The Hall–Kier alpha value is -1.87. The van der Waals surface area contributed by atoms with Gasteiger partial charge in [0.2, 0.25) is 0 Å². The normalized spacial score (nSPS) is 30.6. The molecule has 0 aliphatic heterocycles. The summed E-state index contributed by atoms with van der Waals surface area (Å²) in [6.45, 7) is 4.56. The maximum Gasteiger partial charge on any atom is 0.165 e. The van der Waals surface area contributed by atoms with E-state index in [9.17, 15) is 9.50 Å². The van der Waals surface area contributed by atoms with Crippen LogP contribution >= 0.6 is 0 Å². The second-order valence-corrected chi connectivity index (χ2v) is 13.0. The van der Waals surface area contributed by atoms with Crippen molar-refractivity contribution >= 4 is 0 Å². The van der Waals surface area contributed by atoms with Crippen LogP contribution in [-0.4, -0.2) is 17.8 Å². The highest BCUT2D eigenvalue weighted by Gasteiger charge is 2.33. The Morgan fingerprint density at radius 2 is 1.15 bits per heavy atom. The molecule has 5 rings (SSSR count). The van der Waals surface area contributed by atoms with Gasteiger partial charge >= 0.3 is 0 Å². The van der Waals surface area contributed by atoms with Crippen molar-refractivity contribution in [2.45, 2.75) is 128 Å². The van der Waals surface area contributed by atoms with Gasteiger partial charge in [0.05, 0.1) is 12.7 Å². The molecule has 0 aromatic heterocycles. The fourth-order valence-electron chi connectivity index (χ4n) is 8.30. The number of ether oxygens (including phenoxy) is 1. The Kier molecular flexibility index (Phi) is 10.0. The first-order chi connectivity index (χ1) is 19.1. The minimum atomic E-state index is -0.226. The van der Waals surface area contributed by atoms with Gasteiger partial charge in [0.15, 0.2) is 11.6 Å². The zero-order chi connectivity index (χ0) is 27.2. The summed E-state index contributed by atoms with van der Waals surface area (Å²) in [5, 5.41) is 10.4. The fraction of sp³-hybridized carbons (Fsp3) is 0.667. The smallest absolute Gasteiger partial charge is 0.165 e. The summed E-state index contributed by atoms with van der Waals surface area (Å²) in [6.07, 6.45) is 17.2. The van der Waals surface area contributed by atoms with Gasteiger partial charge in [-0.15, -0.1) is 0 Å². The van der Waals surface area contributed by atoms with Crippen LogP contribution in [0, 0.1) is 23.6 Å². The molecule has 0 saturated heterocycles. The average Bonchev–Trinajstić information content (AvgIpc) is 2.99. The molecule has 2 aromatic rings. The lowest BCUT2D eigenvalue weighted by molar-refractivity contribution is 0.0529. The van der Waals surface area contributed by atoms with Gasteiger partial charge in [0.1, 0.15) is 0 Å². The molecule has 0 bridgehead atoms. The zero-order valence-corrected chi connectivity index (χ0v) is 24.4. The number of benzene rings is 2. The molecule has 3 heteroatoms. The first kappa shape index (κ1) is 28.7. The summed E-state index contributed by atoms with van der Waals surface area (Å²) >= 11 is 0. The Morgan fingerprint density at radius 3 is 1.64 bits per heavy atom. The van der Waals surface area contributed by atoms with Crippen LogP contribution in [0.15, 0.2) is 42.5 Å². The quantitative estimate of drug-likeness (QED) is 0.347. The third-order valence-corrected chi connectivity index (χ3v) is 10.7. The lowest BCUT2D eigenvalue weighted by Crippen LogP contribution is -2.30. The second-order valence-electron chi connectivity index (χ2n) is 13.0. The van der Waals surface area contributed by atoms with E-state index in [1.54, 1.807) is 17.7 Å². The molecule has 0 radical (unpaired) electrons. The van der Waals surface area contributed by atoms with Gasteiger partial charge < -0.3 is 9.84 Å². The van der Waals surface area contributed by atoms with Gasteiger partial charge in [-0.1, -0.05) is 43.7 Å². The second kappa shape index (κ2) is 13.7. The molecule has 0 amide bonds. The van der Waals surface area contributed by atoms with Crippen molar-refractivity contribution in [3.8, 4) is 5.75 Å². The summed E-state index contributed by atoms with van der Waals surface area (Å²) in [6, 6.07) is 15.2. The van der Waals surface area contributed by atoms with E-state index in [0.717, 1.165) is 49.0 Å². The van der Waals surface area contributed by atoms with Gasteiger partial charge in [0.25, 0.3) is 0 Å². The number of aliphatic hydroxyl groups excluding tert-OH is 1. The van der Waals surface area contributed by atoms with Crippen molar-refractivity contribution in [3.05, 3.63) is 65.0 Å². The van der Waals surface area contributed by atoms with E-state index < -0.39 is 0 Å². The zero-order valence-electron chi connectivity index (χ0n) is 24.4. The van der Waals surface area contributed by atoms with Gasteiger partial charge in [0, 0.05) is 0 Å². The first-order valence-corrected chi connectivity index (χ1v) is 16.3. The maximum atomic E-state index is 14.4. The highest BCUT2D eigenvalue weighted by Crippen LogP contribution is 2.45. The number of rotatable bonds is 9. The van der Waals surface area contributed by atoms with Gasteiger partial charge in [-0.25, -0.2) is 4.39 Å². The van der Waals surface area contributed by atoms with E-state index >= 15 is 0 Å². The van der Waals surface area contributed by atoms with Crippen molar-refractivity contribution in [1.82, 2.24) is 0 Å². The molecule has 3 aliphatic rings. The van der Waals surface area contributed by atoms with Crippen molar-refractivity contribution < 1.29 is 14.2 Å². The van der Waals surface area contributed by atoms with Crippen LogP contribution in [0.1, 0.15) is 138 Å². The summed E-state index contributed by atoms with van der Waals surface area (Å²) in [5.41, 5.74) is 4.16. The fourth-order valence-corrected chi connectivity index (χ4v) is 8.30. The van der Waals surface area contributed by atoms with E-state index in [4.69, 9.17) is 4.74 Å². The van der Waals surface area contributed by atoms with Crippen molar-refractivity contribution in [2.24, 2.45) is 17.8 Å². The maximum absolute atomic E-state index is 14.4. The van der Waals surface area contributed by atoms with Crippen molar-refractivity contribution in [1.29, 1.82) is 0 Å². The Balaban J connectivity index is 1.07. The van der Waals surface area contributed by atoms with Crippen molar-refractivity contribution in [3.63, 3.8) is 0 Å². The standard InChI is InChI=1S/C36H51FO2/c1-3-5-35(38)32-20-18-30(19-21-32)28-12-10-26(11-13-28)25-6-8-27(9-7-25)29-14-16-31(17-15-29)33-22-23-36(39-4-2)34(37)24-33/h6-9,22-24,26,28-32,35,38H,3-5,10-21H2,1-2H3. The van der Waals surface area contributed by atoms with Crippen LogP contribution in [-0.2, 0) is 0 Å². The Morgan fingerprint density at radius 1 is 0.692 bits per heavy atom. The van der Waals surface area contributed by atoms with E-state index in [1.807, 2.05) is 6.92 Å². The minimum Gasteiger partial charge on any atom is -0.491 e. The number of halogens is 1. The number of hydrogen-bond acceptors (Lipinski definition) is 2. The monoisotopic (exact) mass is 534 g/mol. The molecule has 2 aromatic carbocycles. The highest BCUT2D eigenvalue weighted by atomic mass is 19.1. The molecule has 0 spiro atoms. The molecule has 0 heterocycles. The molecule has 1 N–H and O–H groups in total. The van der Waals surface area contributed by atoms with Crippen LogP contribution in [0.5, 0.6) is 5.75 Å². The first-order valence-electron chi connectivity index (χ1n) is 16.3. The summed E-state index contributed by atoms with van der Waals surface area (Å²) < 4.78 is 19.7. The molecule has 2 nitrogen and oxygen atoms in total. The van der Waals surface area contributed by atoms with Crippen LogP contribution in [0.3, 0.4) is 0 Å². The Labute approximate surface area is 236 Å². The molecular formula is C36H51FO2. The van der Waals surface area contributed by atoms with Gasteiger partial charge in [-0.2, -0.15) is 0 Å². The van der Waals surface area contributed by atoms with Crippen LogP contribution < -0.4 is 4.74 Å². The predicted octanol–water partition coefficient (Wildman–Crippen LogP) is 9.91. The van der Waals surface area contributed by atoms with Crippen LogP contribution in [0.4, 0.5) is 4.39 Å². The molecule has 214 valence electrons. The van der Waals surface area contributed by atoms with Crippen molar-refractivity contribution in [2.75, 3.05) is 6.61 Å². The lowest BCUT2D eigenvalue weighted by atomic mass is 9.67. The average molecular weight is 535 g/mol. The predicted molar refractivity (Wildman–Crippen MR) is 159 cm³/mol. The molecule has 1 atom stereocenters. The van der Waals surface area contributed by atoms with E-state index in [-0.39, 0.29) is 11.9 Å². The van der Waals surface area contributed by atoms with Gasteiger partial charge in [-0.3, -0.25) is 0 Å². The van der Waals surface area contributed by atoms with E-state index in [2.05, 4.69) is 37.3 Å². The third kappa shape index (κ3) is 7.07. The Bertz CT molecular complexity index is 1010. The van der Waals surface area contributed by atoms with Crippen LogP contribution in [0.2, 0.25) is 0 Å². The molecule has 1 unspecified atom stereocenters. The number of aliphatic hydroxyl groups is 1. The largest absolute Gasteiger partial charge is 0.491 e. The highest BCUT2D eigenvalue weighted by molar-refractivity contribution is 5.33. The molecule has 3 fully saturated rings. The molecular weight excluding hydrogens is 483 g/mol. The summed E-state index contributed by atoms with van der Waals surface area (Å²) in [4.78, 5) is 0. The topological polar surface area (TPSA) is 29.5 Å². The SMILES string of the molecule is CCCC(O)C1CCC(C2CCC(c3ccc(C4CCC(c5ccc(OCC)c(F)c5)CC4)cc3)CC2)CC1. The number of hydrogen-bond donors (Lipinski definition) is 1. The third-order valence-electron chi connectivity index (χ3n) is 10.7. The van der Waals surface area contributed by atoms with Crippen LogP contribution in [0.25, 0.3) is 0 Å². The van der Waals surface area contributed by atoms with E-state index in [1.165, 1.54) is 69.8 Å². The summed E-state index contributed by atoms with van der Waals surface area (Å²) in [7, 11) is 0. The summed E-state index contributed by atoms with van der Waals surface area (Å²) in [5.74, 6) is 4.31. The molecule has 3 saturated carbocycles. The minimum absolute atomic E-state index is 0.0625. The van der Waals surface area contributed by atoms with E-state index in [0.29, 0.717) is 30.1 Å². The lowest BCUT2D eigenvalue weighted by Gasteiger charge is -2.39. The van der Waals surface area contributed by atoms with Gasteiger partial charge in [-0.05, 0) is 155 Å². The molecule has 3 aliphatic carbocycles. The molecule has 39 heavy (non-hydrogen) atoms.